The first kappa shape index (κ1) is 14.0. The molecule has 0 aliphatic carbocycles. The predicted molar refractivity (Wildman–Crippen MR) is 90.1 cm³/mol. The van der Waals surface area contributed by atoms with Gasteiger partial charge in [0.25, 0.3) is 0 Å². The minimum absolute atomic E-state index is 0.151. The van der Waals surface area contributed by atoms with Crippen LogP contribution >= 0.6 is 0 Å². The minimum Gasteiger partial charge on any atom is -0.475 e. The SMILES string of the molecule is c1ccc(C2=N[C@H](C[C@@H]3COC(c4ccccc4)=N3)CO2)cc1. The van der Waals surface area contributed by atoms with Crippen molar-refractivity contribution in [3.8, 4) is 0 Å². The molecule has 0 N–H and O–H groups in total. The second-order valence-electron chi connectivity index (χ2n) is 5.77. The van der Waals surface area contributed by atoms with Crippen LogP contribution in [0.1, 0.15) is 17.5 Å². The molecule has 2 aliphatic rings. The number of nitrogens with zero attached hydrogens (tertiary/aromatic N) is 2. The van der Waals surface area contributed by atoms with Gasteiger partial charge in [-0.25, -0.2) is 9.98 Å². The lowest BCUT2D eigenvalue weighted by Gasteiger charge is -2.07. The van der Waals surface area contributed by atoms with E-state index in [9.17, 15) is 0 Å². The van der Waals surface area contributed by atoms with Crippen molar-refractivity contribution < 1.29 is 9.47 Å². The van der Waals surface area contributed by atoms with Gasteiger partial charge in [-0.3, -0.25) is 0 Å². The first-order valence-corrected chi connectivity index (χ1v) is 7.90. The number of ether oxygens (including phenoxy) is 2. The van der Waals surface area contributed by atoms with E-state index in [1.54, 1.807) is 0 Å². The highest BCUT2D eigenvalue weighted by atomic mass is 16.5. The molecule has 4 rings (SSSR count). The minimum atomic E-state index is 0.151. The van der Waals surface area contributed by atoms with Crippen LogP contribution in [-0.4, -0.2) is 37.1 Å². The molecule has 2 aliphatic heterocycles. The fourth-order valence-corrected chi connectivity index (χ4v) is 2.86. The fraction of sp³-hybridized carbons (Fsp3) is 0.263. The maximum absolute atomic E-state index is 5.73. The van der Waals surface area contributed by atoms with Gasteiger partial charge in [0.05, 0.1) is 12.1 Å². The van der Waals surface area contributed by atoms with Gasteiger partial charge in [0.2, 0.25) is 11.8 Å². The highest BCUT2D eigenvalue weighted by Crippen LogP contribution is 2.20. The van der Waals surface area contributed by atoms with Crippen LogP contribution < -0.4 is 0 Å². The van der Waals surface area contributed by atoms with Gasteiger partial charge >= 0.3 is 0 Å². The van der Waals surface area contributed by atoms with E-state index in [-0.39, 0.29) is 12.1 Å². The Labute approximate surface area is 135 Å². The highest BCUT2D eigenvalue weighted by molar-refractivity contribution is 5.95. The third-order valence-corrected chi connectivity index (χ3v) is 4.01. The molecule has 0 bridgehead atoms. The number of benzene rings is 2. The molecular formula is C19H18N2O2. The van der Waals surface area contributed by atoms with E-state index in [4.69, 9.17) is 9.47 Å². The lowest BCUT2D eigenvalue weighted by molar-refractivity contribution is 0.279. The van der Waals surface area contributed by atoms with Crippen molar-refractivity contribution in [2.24, 2.45) is 9.98 Å². The van der Waals surface area contributed by atoms with Gasteiger partial charge in [-0.2, -0.15) is 0 Å². The Balaban J connectivity index is 1.42. The van der Waals surface area contributed by atoms with E-state index in [0.29, 0.717) is 13.2 Å². The average molecular weight is 306 g/mol. The van der Waals surface area contributed by atoms with Gasteiger partial charge < -0.3 is 9.47 Å². The van der Waals surface area contributed by atoms with Crippen LogP contribution in [0.5, 0.6) is 0 Å². The Morgan fingerprint density at radius 1 is 0.696 bits per heavy atom. The Morgan fingerprint density at radius 2 is 1.13 bits per heavy atom. The summed E-state index contributed by atoms with van der Waals surface area (Å²) in [6, 6.07) is 20.3. The van der Waals surface area contributed by atoms with E-state index >= 15 is 0 Å². The number of hydrogen-bond donors (Lipinski definition) is 0. The maximum Gasteiger partial charge on any atom is 0.216 e. The topological polar surface area (TPSA) is 43.2 Å². The van der Waals surface area contributed by atoms with Crippen molar-refractivity contribution in [2.75, 3.05) is 13.2 Å². The molecule has 0 aromatic heterocycles. The molecule has 2 aromatic rings. The maximum atomic E-state index is 5.73. The van der Waals surface area contributed by atoms with Gasteiger partial charge in [0.15, 0.2) is 0 Å². The number of rotatable bonds is 4. The summed E-state index contributed by atoms with van der Waals surface area (Å²) in [6.45, 7) is 1.24. The van der Waals surface area contributed by atoms with Gasteiger partial charge in [0.1, 0.15) is 13.2 Å². The van der Waals surface area contributed by atoms with Crippen molar-refractivity contribution in [3.63, 3.8) is 0 Å². The van der Waals surface area contributed by atoms with E-state index in [2.05, 4.69) is 9.98 Å². The zero-order chi connectivity index (χ0) is 15.5. The molecule has 2 aromatic carbocycles. The molecule has 0 radical (unpaired) electrons. The second kappa shape index (κ2) is 6.24. The molecule has 0 saturated heterocycles. The van der Waals surface area contributed by atoms with E-state index < -0.39 is 0 Å². The van der Waals surface area contributed by atoms with Crippen LogP contribution in [0.25, 0.3) is 0 Å². The van der Waals surface area contributed by atoms with E-state index in [1.165, 1.54) is 0 Å². The molecular weight excluding hydrogens is 288 g/mol. The summed E-state index contributed by atoms with van der Waals surface area (Å²) >= 11 is 0. The Morgan fingerprint density at radius 3 is 1.57 bits per heavy atom. The van der Waals surface area contributed by atoms with Crippen LogP contribution in [0.2, 0.25) is 0 Å². The van der Waals surface area contributed by atoms with Crippen molar-refractivity contribution in [1.82, 2.24) is 0 Å². The summed E-state index contributed by atoms with van der Waals surface area (Å²) < 4.78 is 11.5. The first-order valence-electron chi connectivity index (χ1n) is 7.90. The Bertz CT molecular complexity index is 662. The molecule has 4 heteroatoms. The summed E-state index contributed by atoms with van der Waals surface area (Å²) in [4.78, 5) is 9.38. The molecule has 0 spiro atoms. The van der Waals surface area contributed by atoms with Gasteiger partial charge in [-0.05, 0) is 30.7 Å². The number of hydrogen-bond acceptors (Lipinski definition) is 4. The fourth-order valence-electron chi connectivity index (χ4n) is 2.86. The van der Waals surface area contributed by atoms with Crippen LogP contribution in [-0.2, 0) is 9.47 Å². The summed E-state index contributed by atoms with van der Waals surface area (Å²) in [5.74, 6) is 1.48. The molecule has 4 nitrogen and oxygen atoms in total. The third-order valence-electron chi connectivity index (χ3n) is 4.01. The summed E-state index contributed by atoms with van der Waals surface area (Å²) in [5.41, 5.74) is 2.07. The molecule has 23 heavy (non-hydrogen) atoms. The van der Waals surface area contributed by atoms with Crippen LogP contribution in [0.4, 0.5) is 0 Å². The lowest BCUT2D eigenvalue weighted by atomic mass is 10.1. The number of aliphatic imine (C=N–C) groups is 2. The first-order chi connectivity index (χ1) is 11.4. The summed E-state index contributed by atoms with van der Waals surface area (Å²) in [7, 11) is 0. The summed E-state index contributed by atoms with van der Waals surface area (Å²) in [5, 5.41) is 0. The highest BCUT2D eigenvalue weighted by Gasteiger charge is 2.27. The predicted octanol–water partition coefficient (Wildman–Crippen LogP) is 3.07. The van der Waals surface area contributed by atoms with Gasteiger partial charge in [0, 0.05) is 11.1 Å². The normalized spacial score (nSPS) is 23.0. The zero-order valence-corrected chi connectivity index (χ0v) is 12.8. The smallest absolute Gasteiger partial charge is 0.216 e. The molecule has 2 atom stereocenters. The molecule has 116 valence electrons. The van der Waals surface area contributed by atoms with Crippen LogP contribution in [0, 0.1) is 0 Å². The van der Waals surface area contributed by atoms with Crippen LogP contribution in [0.3, 0.4) is 0 Å². The molecule has 2 heterocycles. The Kier molecular flexibility index (Phi) is 3.80. The Hall–Kier alpha value is -2.62. The quantitative estimate of drug-likeness (QED) is 0.871. The van der Waals surface area contributed by atoms with E-state index in [0.717, 1.165) is 29.3 Å². The average Bonchev–Trinajstić information content (AvgIpc) is 3.27. The van der Waals surface area contributed by atoms with Crippen molar-refractivity contribution in [1.29, 1.82) is 0 Å². The molecule has 0 unspecified atom stereocenters. The summed E-state index contributed by atoms with van der Waals surface area (Å²) in [6.07, 6.45) is 0.854. The van der Waals surface area contributed by atoms with Crippen LogP contribution in [0.15, 0.2) is 70.6 Å². The van der Waals surface area contributed by atoms with Crippen molar-refractivity contribution in [3.05, 3.63) is 71.8 Å². The third kappa shape index (κ3) is 3.11. The second-order valence-corrected chi connectivity index (χ2v) is 5.77. The van der Waals surface area contributed by atoms with Crippen molar-refractivity contribution >= 4 is 11.8 Å². The lowest BCUT2D eigenvalue weighted by Crippen LogP contribution is -2.17. The van der Waals surface area contributed by atoms with E-state index in [1.807, 2.05) is 60.7 Å². The molecule has 0 saturated carbocycles. The molecule has 0 fully saturated rings. The standard InChI is InChI=1S/C19H18N2O2/c1-3-7-14(8-4-1)18-20-16(12-22-18)11-17-13-23-19(21-17)15-9-5-2-6-10-15/h1-10,16-17H,11-13H2/t16-,17-/m1/s1. The van der Waals surface area contributed by atoms with Gasteiger partial charge in [-0.1, -0.05) is 36.4 Å². The monoisotopic (exact) mass is 306 g/mol. The zero-order valence-electron chi connectivity index (χ0n) is 12.8. The molecule has 0 amide bonds. The van der Waals surface area contributed by atoms with Crippen molar-refractivity contribution in [2.45, 2.75) is 18.5 Å². The largest absolute Gasteiger partial charge is 0.475 e. The van der Waals surface area contributed by atoms with Gasteiger partial charge in [-0.15, -0.1) is 0 Å².